The molecule has 0 spiro atoms. The van der Waals surface area contributed by atoms with E-state index in [0.717, 1.165) is 17.9 Å². The molecular weight excluding hydrogens is 318 g/mol. The number of carbonyl (C=O) groups is 1. The highest BCUT2D eigenvalue weighted by atomic mass is 32.2. The van der Waals surface area contributed by atoms with Gasteiger partial charge in [-0.3, -0.25) is 4.79 Å². The zero-order valence-electron chi connectivity index (χ0n) is 13.9. The van der Waals surface area contributed by atoms with E-state index in [1.807, 2.05) is 13.8 Å². The quantitative estimate of drug-likeness (QED) is 0.750. The van der Waals surface area contributed by atoms with Crippen LogP contribution in [0.4, 0.5) is 0 Å². The van der Waals surface area contributed by atoms with E-state index in [1.54, 1.807) is 6.20 Å². The van der Waals surface area contributed by atoms with Gasteiger partial charge in [0.05, 0.1) is 18.4 Å². The van der Waals surface area contributed by atoms with Crippen molar-refractivity contribution in [3.05, 3.63) is 17.7 Å². The Morgan fingerprint density at radius 3 is 2.78 bits per heavy atom. The molecule has 1 aliphatic rings. The Morgan fingerprint density at radius 2 is 2.17 bits per heavy atom. The van der Waals surface area contributed by atoms with Crippen molar-refractivity contribution in [1.29, 1.82) is 0 Å². The monoisotopic (exact) mass is 343 g/mol. The van der Waals surface area contributed by atoms with Crippen molar-refractivity contribution in [2.75, 3.05) is 26.2 Å². The molecule has 0 radical (unpaired) electrons. The molecular formula is C14H25N5O3S. The van der Waals surface area contributed by atoms with Gasteiger partial charge in [0, 0.05) is 39.0 Å². The minimum atomic E-state index is -3.39. The number of aromatic nitrogens is 2. The molecule has 8 nitrogen and oxygen atoms in total. The van der Waals surface area contributed by atoms with Gasteiger partial charge in [-0.25, -0.2) is 4.98 Å². The van der Waals surface area contributed by atoms with Crippen LogP contribution in [0, 0.1) is 0 Å². The minimum Gasteiger partial charge on any atom is -0.351 e. The van der Waals surface area contributed by atoms with Crippen molar-refractivity contribution in [1.82, 2.24) is 23.9 Å². The van der Waals surface area contributed by atoms with Crippen LogP contribution in [0.5, 0.6) is 0 Å². The molecule has 1 aliphatic heterocycles. The standard InChI is InChI=1S/C14H25N5O3S/c1-4-18(5-2)23(21,22)19-7-6-12(10-19)14-16-9-13(17-14)8-15-11(3)20/h9,12H,4-8,10H2,1-3H3,(H,15,20)(H,16,17). The third-order valence-corrected chi connectivity index (χ3v) is 6.22. The van der Waals surface area contributed by atoms with Crippen LogP contribution in [-0.4, -0.2) is 59.1 Å². The lowest BCUT2D eigenvalue weighted by Gasteiger charge is -2.25. The SMILES string of the molecule is CCN(CC)S(=O)(=O)N1CCC(c2ncc(CNC(C)=O)[nH]2)C1. The molecule has 2 heterocycles. The Morgan fingerprint density at radius 1 is 1.48 bits per heavy atom. The van der Waals surface area contributed by atoms with Crippen LogP contribution in [0.1, 0.15) is 44.6 Å². The zero-order valence-corrected chi connectivity index (χ0v) is 14.7. The molecule has 9 heteroatoms. The van der Waals surface area contributed by atoms with Gasteiger partial charge in [0.25, 0.3) is 10.2 Å². The van der Waals surface area contributed by atoms with E-state index in [0.29, 0.717) is 32.7 Å². The van der Waals surface area contributed by atoms with Gasteiger partial charge in [0.2, 0.25) is 5.91 Å². The van der Waals surface area contributed by atoms with Crippen LogP contribution >= 0.6 is 0 Å². The number of hydrogen-bond donors (Lipinski definition) is 2. The molecule has 1 aromatic heterocycles. The average Bonchev–Trinajstić information content (AvgIpc) is 3.15. The van der Waals surface area contributed by atoms with Crippen molar-refractivity contribution in [2.45, 2.75) is 39.7 Å². The number of rotatable bonds is 7. The van der Waals surface area contributed by atoms with Gasteiger partial charge in [-0.05, 0) is 6.42 Å². The summed E-state index contributed by atoms with van der Waals surface area (Å²) in [4.78, 5) is 18.4. The number of H-pyrrole nitrogens is 1. The molecule has 1 atom stereocenters. The summed E-state index contributed by atoms with van der Waals surface area (Å²) >= 11 is 0. The Bertz CT molecular complexity index is 639. The second-order valence-electron chi connectivity index (χ2n) is 5.64. The summed E-state index contributed by atoms with van der Waals surface area (Å²) in [5.74, 6) is 0.743. The maximum absolute atomic E-state index is 12.5. The maximum Gasteiger partial charge on any atom is 0.281 e. The number of nitrogens with one attached hydrogen (secondary N) is 2. The zero-order chi connectivity index (χ0) is 17.0. The summed E-state index contributed by atoms with van der Waals surface area (Å²) in [6.07, 6.45) is 2.43. The van der Waals surface area contributed by atoms with Gasteiger partial charge in [0.15, 0.2) is 0 Å². The second-order valence-corrected chi connectivity index (χ2v) is 7.57. The fourth-order valence-electron chi connectivity index (χ4n) is 2.77. The number of aromatic amines is 1. The number of amides is 1. The summed E-state index contributed by atoms with van der Waals surface area (Å²) in [7, 11) is -3.39. The number of nitrogens with zero attached hydrogens (tertiary/aromatic N) is 3. The predicted octanol–water partition coefficient (Wildman–Crippen LogP) is 0.422. The average molecular weight is 343 g/mol. The number of carbonyl (C=O) groups excluding carboxylic acids is 1. The summed E-state index contributed by atoms with van der Waals surface area (Å²) in [5.41, 5.74) is 0.820. The van der Waals surface area contributed by atoms with Crippen LogP contribution in [0.15, 0.2) is 6.20 Å². The first-order chi connectivity index (χ1) is 10.9. The van der Waals surface area contributed by atoms with E-state index in [4.69, 9.17) is 0 Å². The van der Waals surface area contributed by atoms with Gasteiger partial charge in [-0.2, -0.15) is 17.0 Å². The van der Waals surface area contributed by atoms with Crippen LogP contribution in [0.2, 0.25) is 0 Å². The van der Waals surface area contributed by atoms with Gasteiger partial charge in [-0.1, -0.05) is 13.8 Å². The van der Waals surface area contributed by atoms with Crippen molar-refractivity contribution in [2.24, 2.45) is 0 Å². The van der Waals surface area contributed by atoms with E-state index in [1.165, 1.54) is 15.5 Å². The molecule has 1 fully saturated rings. The summed E-state index contributed by atoms with van der Waals surface area (Å²) < 4.78 is 28.1. The highest BCUT2D eigenvalue weighted by molar-refractivity contribution is 7.86. The highest BCUT2D eigenvalue weighted by Crippen LogP contribution is 2.28. The Hall–Kier alpha value is -1.45. The van der Waals surface area contributed by atoms with Gasteiger partial charge in [-0.15, -0.1) is 0 Å². The molecule has 130 valence electrons. The van der Waals surface area contributed by atoms with E-state index in [9.17, 15) is 13.2 Å². The molecule has 1 aromatic rings. The lowest BCUT2D eigenvalue weighted by atomic mass is 10.1. The smallest absolute Gasteiger partial charge is 0.281 e. The van der Waals surface area contributed by atoms with Gasteiger partial charge in [0.1, 0.15) is 5.82 Å². The van der Waals surface area contributed by atoms with E-state index in [2.05, 4.69) is 15.3 Å². The normalized spacial score (nSPS) is 19.4. The third-order valence-electron chi connectivity index (χ3n) is 4.07. The van der Waals surface area contributed by atoms with Crippen LogP contribution in [0.25, 0.3) is 0 Å². The Kier molecular flexibility index (Phi) is 5.77. The van der Waals surface area contributed by atoms with Crippen molar-refractivity contribution in [3.8, 4) is 0 Å². The number of hydrogen-bond acceptors (Lipinski definition) is 4. The summed E-state index contributed by atoms with van der Waals surface area (Å²) in [6.45, 7) is 7.44. The summed E-state index contributed by atoms with van der Waals surface area (Å²) in [6, 6.07) is 0. The molecule has 0 bridgehead atoms. The molecule has 2 rings (SSSR count). The van der Waals surface area contributed by atoms with Crippen molar-refractivity contribution >= 4 is 16.1 Å². The van der Waals surface area contributed by atoms with Crippen LogP contribution in [0.3, 0.4) is 0 Å². The highest BCUT2D eigenvalue weighted by Gasteiger charge is 2.35. The second kappa shape index (κ2) is 7.41. The van der Waals surface area contributed by atoms with Crippen molar-refractivity contribution < 1.29 is 13.2 Å². The lowest BCUT2D eigenvalue weighted by Crippen LogP contribution is -2.42. The van der Waals surface area contributed by atoms with Gasteiger partial charge < -0.3 is 10.3 Å². The fraction of sp³-hybridized carbons (Fsp3) is 0.714. The van der Waals surface area contributed by atoms with E-state index < -0.39 is 10.2 Å². The first kappa shape index (κ1) is 17.9. The number of imidazole rings is 1. The van der Waals surface area contributed by atoms with Crippen LogP contribution < -0.4 is 5.32 Å². The first-order valence-corrected chi connectivity index (χ1v) is 9.31. The molecule has 0 aromatic carbocycles. The lowest BCUT2D eigenvalue weighted by molar-refractivity contribution is -0.119. The predicted molar refractivity (Wildman–Crippen MR) is 86.9 cm³/mol. The maximum atomic E-state index is 12.5. The molecule has 1 amide bonds. The Labute approximate surface area is 137 Å². The van der Waals surface area contributed by atoms with E-state index >= 15 is 0 Å². The fourth-order valence-corrected chi connectivity index (χ4v) is 4.45. The van der Waals surface area contributed by atoms with Crippen LogP contribution in [-0.2, 0) is 21.5 Å². The van der Waals surface area contributed by atoms with Crippen molar-refractivity contribution in [3.63, 3.8) is 0 Å². The largest absolute Gasteiger partial charge is 0.351 e. The molecule has 1 unspecified atom stereocenters. The van der Waals surface area contributed by atoms with Gasteiger partial charge >= 0.3 is 0 Å². The topological polar surface area (TPSA) is 98.4 Å². The Balaban J connectivity index is 2.01. The molecule has 0 saturated carbocycles. The third kappa shape index (κ3) is 4.10. The molecule has 23 heavy (non-hydrogen) atoms. The molecule has 2 N–H and O–H groups in total. The minimum absolute atomic E-state index is 0.0615. The summed E-state index contributed by atoms with van der Waals surface area (Å²) in [5, 5.41) is 2.71. The molecule has 1 saturated heterocycles. The first-order valence-electron chi connectivity index (χ1n) is 7.91. The van der Waals surface area contributed by atoms with E-state index in [-0.39, 0.29) is 11.8 Å². The molecule has 0 aliphatic carbocycles.